The van der Waals surface area contributed by atoms with Crippen molar-refractivity contribution in [1.82, 2.24) is 4.90 Å². The van der Waals surface area contributed by atoms with E-state index >= 15 is 0 Å². The van der Waals surface area contributed by atoms with Gasteiger partial charge in [0.2, 0.25) is 0 Å². The Bertz CT molecular complexity index is 253. The molecule has 5 nitrogen and oxygen atoms in total. The normalized spacial score (nSPS) is 30.6. The zero-order chi connectivity index (χ0) is 12.1. The SMILES string of the molecule is O=C(O)C1CN(CCCC2CCCO2)CCO1. The van der Waals surface area contributed by atoms with Gasteiger partial charge >= 0.3 is 5.97 Å². The van der Waals surface area contributed by atoms with Crippen molar-refractivity contribution in [2.45, 2.75) is 37.9 Å². The number of hydrogen-bond donors (Lipinski definition) is 1. The molecular weight excluding hydrogens is 222 g/mol. The first-order chi connectivity index (χ1) is 8.25. The zero-order valence-electron chi connectivity index (χ0n) is 10.1. The molecule has 2 rings (SSSR count). The molecule has 2 heterocycles. The molecule has 1 N–H and O–H groups in total. The number of ether oxygens (including phenoxy) is 2. The van der Waals surface area contributed by atoms with Crippen molar-refractivity contribution < 1.29 is 19.4 Å². The van der Waals surface area contributed by atoms with Gasteiger partial charge < -0.3 is 14.6 Å². The van der Waals surface area contributed by atoms with Gasteiger partial charge in [-0.2, -0.15) is 0 Å². The molecule has 2 fully saturated rings. The molecule has 0 aliphatic carbocycles. The molecule has 0 aromatic carbocycles. The zero-order valence-corrected chi connectivity index (χ0v) is 10.1. The van der Waals surface area contributed by atoms with E-state index in [0.29, 0.717) is 19.3 Å². The van der Waals surface area contributed by atoms with Crippen molar-refractivity contribution in [2.24, 2.45) is 0 Å². The van der Waals surface area contributed by atoms with Crippen molar-refractivity contribution in [3.05, 3.63) is 0 Å². The van der Waals surface area contributed by atoms with Crippen LogP contribution in [0.4, 0.5) is 0 Å². The molecule has 2 aliphatic rings. The summed E-state index contributed by atoms with van der Waals surface area (Å²) in [5.41, 5.74) is 0. The van der Waals surface area contributed by atoms with Crippen LogP contribution in [-0.2, 0) is 14.3 Å². The first kappa shape index (κ1) is 12.8. The molecule has 0 radical (unpaired) electrons. The van der Waals surface area contributed by atoms with Crippen molar-refractivity contribution in [2.75, 3.05) is 32.8 Å². The van der Waals surface area contributed by atoms with Crippen LogP contribution < -0.4 is 0 Å². The van der Waals surface area contributed by atoms with Gasteiger partial charge in [0, 0.05) is 19.7 Å². The highest BCUT2D eigenvalue weighted by Gasteiger charge is 2.26. The third kappa shape index (κ3) is 3.94. The molecule has 2 saturated heterocycles. The van der Waals surface area contributed by atoms with Gasteiger partial charge in [0.1, 0.15) is 0 Å². The summed E-state index contributed by atoms with van der Waals surface area (Å²) in [4.78, 5) is 13.0. The van der Waals surface area contributed by atoms with E-state index in [-0.39, 0.29) is 0 Å². The van der Waals surface area contributed by atoms with Gasteiger partial charge in [0.05, 0.1) is 12.7 Å². The number of carbonyl (C=O) groups is 1. The monoisotopic (exact) mass is 243 g/mol. The van der Waals surface area contributed by atoms with E-state index in [9.17, 15) is 4.79 Å². The number of aliphatic carboxylic acids is 1. The first-order valence-electron chi connectivity index (χ1n) is 6.44. The minimum absolute atomic E-state index is 0.436. The Kier molecular flexibility index (Phi) is 4.76. The smallest absolute Gasteiger partial charge is 0.334 e. The molecule has 0 amide bonds. The Balaban J connectivity index is 1.62. The predicted molar refractivity (Wildman–Crippen MR) is 62.0 cm³/mol. The second-order valence-corrected chi connectivity index (χ2v) is 4.78. The highest BCUT2D eigenvalue weighted by Crippen LogP contribution is 2.17. The van der Waals surface area contributed by atoms with E-state index in [1.54, 1.807) is 0 Å². The predicted octanol–water partition coefficient (Wildman–Crippen LogP) is 0.731. The van der Waals surface area contributed by atoms with Gasteiger partial charge in [-0.15, -0.1) is 0 Å². The maximum atomic E-state index is 10.8. The average molecular weight is 243 g/mol. The highest BCUT2D eigenvalue weighted by molar-refractivity contribution is 5.72. The van der Waals surface area contributed by atoms with E-state index < -0.39 is 12.1 Å². The molecule has 0 spiro atoms. The minimum Gasteiger partial charge on any atom is -0.479 e. The Morgan fingerprint density at radius 1 is 1.35 bits per heavy atom. The van der Waals surface area contributed by atoms with Gasteiger partial charge in [-0.05, 0) is 32.2 Å². The van der Waals surface area contributed by atoms with Gasteiger partial charge in [0.15, 0.2) is 6.10 Å². The van der Waals surface area contributed by atoms with Crippen molar-refractivity contribution in [3.63, 3.8) is 0 Å². The molecular formula is C12H21NO4. The fourth-order valence-electron chi connectivity index (χ4n) is 2.47. The molecule has 17 heavy (non-hydrogen) atoms. The lowest BCUT2D eigenvalue weighted by Crippen LogP contribution is -2.46. The number of hydrogen-bond acceptors (Lipinski definition) is 4. The van der Waals surface area contributed by atoms with E-state index in [1.807, 2.05) is 0 Å². The molecule has 2 atom stereocenters. The Morgan fingerprint density at radius 2 is 2.24 bits per heavy atom. The summed E-state index contributed by atoms with van der Waals surface area (Å²) >= 11 is 0. The molecule has 5 heteroatoms. The third-order valence-electron chi connectivity index (χ3n) is 3.45. The summed E-state index contributed by atoms with van der Waals surface area (Å²) in [5, 5.41) is 8.88. The van der Waals surface area contributed by atoms with Gasteiger partial charge in [-0.3, -0.25) is 4.90 Å². The Morgan fingerprint density at radius 3 is 2.94 bits per heavy atom. The van der Waals surface area contributed by atoms with Gasteiger partial charge in [0.25, 0.3) is 0 Å². The van der Waals surface area contributed by atoms with Crippen LogP contribution in [0.25, 0.3) is 0 Å². The number of morpholine rings is 1. The van der Waals surface area contributed by atoms with Gasteiger partial charge in [-0.1, -0.05) is 0 Å². The highest BCUT2D eigenvalue weighted by atomic mass is 16.5. The average Bonchev–Trinajstić information content (AvgIpc) is 2.82. The maximum absolute atomic E-state index is 10.8. The molecule has 2 unspecified atom stereocenters. The lowest BCUT2D eigenvalue weighted by Gasteiger charge is -2.30. The van der Waals surface area contributed by atoms with Crippen LogP contribution in [0.3, 0.4) is 0 Å². The van der Waals surface area contributed by atoms with E-state index in [0.717, 1.165) is 32.5 Å². The number of rotatable bonds is 5. The molecule has 2 aliphatic heterocycles. The Hall–Kier alpha value is -0.650. The fraction of sp³-hybridized carbons (Fsp3) is 0.917. The largest absolute Gasteiger partial charge is 0.479 e. The molecule has 0 bridgehead atoms. The fourth-order valence-corrected chi connectivity index (χ4v) is 2.47. The number of carboxylic acid groups (broad SMARTS) is 1. The van der Waals surface area contributed by atoms with Crippen LogP contribution in [0.15, 0.2) is 0 Å². The summed E-state index contributed by atoms with van der Waals surface area (Å²) in [6, 6.07) is 0. The topological polar surface area (TPSA) is 59.0 Å². The quantitative estimate of drug-likeness (QED) is 0.771. The summed E-state index contributed by atoms with van der Waals surface area (Å²) in [7, 11) is 0. The van der Waals surface area contributed by atoms with E-state index in [2.05, 4.69) is 4.90 Å². The van der Waals surface area contributed by atoms with Crippen LogP contribution >= 0.6 is 0 Å². The maximum Gasteiger partial charge on any atom is 0.334 e. The van der Waals surface area contributed by atoms with E-state index in [4.69, 9.17) is 14.6 Å². The van der Waals surface area contributed by atoms with Crippen LogP contribution in [0.2, 0.25) is 0 Å². The standard InChI is InChI=1S/C12H21NO4/c14-12(15)11-9-13(6-8-17-11)5-1-3-10-4-2-7-16-10/h10-11H,1-9H2,(H,14,15). The Labute approximate surface area is 102 Å². The summed E-state index contributed by atoms with van der Waals surface area (Å²) in [5.74, 6) is -0.853. The third-order valence-corrected chi connectivity index (χ3v) is 3.45. The lowest BCUT2D eigenvalue weighted by atomic mass is 10.1. The second kappa shape index (κ2) is 6.33. The number of nitrogens with zero attached hydrogens (tertiary/aromatic N) is 1. The molecule has 0 aromatic rings. The van der Waals surface area contributed by atoms with Gasteiger partial charge in [-0.25, -0.2) is 4.79 Å². The van der Waals surface area contributed by atoms with Crippen molar-refractivity contribution >= 4 is 5.97 Å². The van der Waals surface area contributed by atoms with Crippen LogP contribution in [0, 0.1) is 0 Å². The minimum atomic E-state index is -0.853. The molecule has 98 valence electrons. The van der Waals surface area contributed by atoms with Crippen LogP contribution in [-0.4, -0.2) is 61.0 Å². The summed E-state index contributed by atoms with van der Waals surface area (Å²) in [6.45, 7) is 3.74. The lowest BCUT2D eigenvalue weighted by molar-refractivity contribution is -0.156. The molecule has 0 saturated carbocycles. The van der Waals surface area contributed by atoms with Crippen LogP contribution in [0.5, 0.6) is 0 Å². The first-order valence-corrected chi connectivity index (χ1v) is 6.44. The summed E-state index contributed by atoms with van der Waals surface area (Å²) in [6.07, 6.45) is 4.33. The molecule has 0 aromatic heterocycles. The van der Waals surface area contributed by atoms with Crippen LogP contribution in [0.1, 0.15) is 25.7 Å². The number of carboxylic acids is 1. The summed E-state index contributed by atoms with van der Waals surface area (Å²) < 4.78 is 10.7. The van der Waals surface area contributed by atoms with E-state index in [1.165, 1.54) is 12.8 Å². The van der Waals surface area contributed by atoms with Crippen molar-refractivity contribution in [3.8, 4) is 0 Å². The van der Waals surface area contributed by atoms with Crippen molar-refractivity contribution in [1.29, 1.82) is 0 Å². The second-order valence-electron chi connectivity index (χ2n) is 4.78.